The normalized spacial score (nSPS) is 16.0. The number of imidazole rings is 1. The fourth-order valence-corrected chi connectivity index (χ4v) is 11.5. The summed E-state index contributed by atoms with van der Waals surface area (Å²) in [4.78, 5) is 234. The zero-order valence-electron chi connectivity index (χ0n) is 60.7. The quantitative estimate of drug-likeness (QED) is 0.0108. The number of nitrogens with two attached hydrogens (primary N) is 6. The Morgan fingerprint density at radius 2 is 1.10 bits per heavy atom. The third-order valence-corrected chi connectivity index (χ3v) is 17.4. The largest absolute Gasteiger partial charge is 0.481 e. The van der Waals surface area contributed by atoms with E-state index in [1.165, 1.54) is 33.3 Å². The molecule has 0 saturated carbocycles. The molecule has 4 rings (SSSR count). The first-order chi connectivity index (χ1) is 51.8. The number of hydrogen-bond donors (Lipinski definition) is 25. The Balaban J connectivity index is 1.57. The number of carbonyl (C=O) groups excluding carboxylic acids is 13. The van der Waals surface area contributed by atoms with Crippen LogP contribution in [0.5, 0.6) is 0 Å². The number of likely N-dealkylation sites (tertiary alicyclic amines) is 1. The molecule has 13 amide bonds. The summed E-state index contributed by atoms with van der Waals surface area (Å²) in [5.41, 5.74) is 34.0. The number of amides is 13. The van der Waals surface area contributed by atoms with Gasteiger partial charge in [-0.1, -0.05) is 32.0 Å². The lowest BCUT2D eigenvalue weighted by Gasteiger charge is -2.31. The number of rotatable bonds is 47. The van der Waals surface area contributed by atoms with E-state index in [1.54, 1.807) is 30.5 Å². The topological polar surface area (TPSA) is 735 Å². The van der Waals surface area contributed by atoms with Crippen molar-refractivity contribution in [1.29, 1.82) is 0 Å². The van der Waals surface area contributed by atoms with Crippen molar-refractivity contribution in [3.8, 4) is 0 Å². The standard InChI is InChI=1S/C65H99N23O21S/c1-29(2)49(86-54(99)38(15-16-46(67)91)79-58(103)44(27-110)85-57(102)43(26-89)84-61(106)50(31(4)90)87-52(97)35(66)22-47(92)93)60(105)82-40(21-33-25-72-28-76-33)55(100)77-30(3)51(96)83-42(20-32-24-75-36-11-6-5-10-34(32)36)62(107)88-19-9-14-45(88)59(104)81-41(23-48(94)95)56(101)78-37(12-7-17-73-64(68)69)53(98)80-39(63(108)109)13-8-18-74-65(70)71/h5-6,10-11,24-25,28-31,35,37-45,49-50,75,89-90,110H,7-9,12-23,26-27,66H2,1-4H3,(H2,67,91)(H,72,76)(H,77,100)(H,78,101)(H,79,103)(H,80,98)(H,81,104)(H,82,105)(H,83,96)(H,84,106)(H,85,102)(H,86,99)(H,87,97)(H,92,93)(H,94,95)(H,108,109)(H4,68,69,73)(H4,70,71,74)/t30-,31+,35-,37-,38-,39-,40-,41-,42-,43-,44-,45-,49-,50-/m0/s1. The highest BCUT2D eigenvalue weighted by atomic mass is 32.1. The van der Waals surface area contributed by atoms with Gasteiger partial charge in [-0.25, -0.2) is 9.78 Å². The molecule has 44 nitrogen and oxygen atoms in total. The Morgan fingerprint density at radius 1 is 0.582 bits per heavy atom. The molecule has 30 N–H and O–H groups in total. The Bertz CT molecular complexity index is 3810. The Labute approximate surface area is 634 Å². The van der Waals surface area contributed by atoms with Crippen LogP contribution >= 0.6 is 12.6 Å². The molecule has 3 aromatic rings. The predicted octanol–water partition coefficient (Wildman–Crippen LogP) is -9.29. The molecule has 0 radical (unpaired) electrons. The van der Waals surface area contributed by atoms with Gasteiger partial charge in [-0.05, 0) is 76.3 Å². The molecular formula is C65H99N23O21S. The summed E-state index contributed by atoms with van der Waals surface area (Å²) in [5.74, 6) is -20.2. The number of fused-ring (bicyclic) bond motifs is 1. The minimum atomic E-state index is -1.91. The van der Waals surface area contributed by atoms with E-state index in [9.17, 15) is 92.3 Å². The number of aliphatic hydroxyl groups is 2. The van der Waals surface area contributed by atoms with Gasteiger partial charge in [-0.2, -0.15) is 12.6 Å². The number of guanidine groups is 2. The number of aromatic amines is 2. The Kier molecular flexibility index (Phi) is 36.7. The molecule has 2 aromatic heterocycles. The number of hydrogen-bond acceptors (Lipinski definition) is 23. The molecule has 0 bridgehead atoms. The summed E-state index contributed by atoms with van der Waals surface area (Å²) in [6.45, 7) is 4.03. The fraction of sp³-hybridized carbons (Fsp3) is 0.554. The molecule has 3 heterocycles. The number of H-pyrrole nitrogens is 2. The maximum atomic E-state index is 15.1. The summed E-state index contributed by atoms with van der Waals surface area (Å²) >= 11 is 4.12. The van der Waals surface area contributed by atoms with E-state index in [1.807, 2.05) is 0 Å². The van der Waals surface area contributed by atoms with Crippen molar-refractivity contribution in [2.45, 2.75) is 189 Å². The van der Waals surface area contributed by atoms with Gasteiger partial charge in [0.05, 0.1) is 37.9 Å². The second-order valence-corrected chi connectivity index (χ2v) is 26.5. The van der Waals surface area contributed by atoms with E-state index in [0.717, 1.165) is 11.8 Å². The molecule has 606 valence electrons. The van der Waals surface area contributed by atoms with Gasteiger partial charge in [0.25, 0.3) is 0 Å². The van der Waals surface area contributed by atoms with Gasteiger partial charge < -0.3 is 133 Å². The number of para-hydroxylation sites is 1. The summed E-state index contributed by atoms with van der Waals surface area (Å²) in [6, 6.07) is -14.4. The van der Waals surface area contributed by atoms with Crippen molar-refractivity contribution in [3.05, 3.63) is 54.2 Å². The summed E-state index contributed by atoms with van der Waals surface area (Å²) in [7, 11) is 0. The van der Waals surface area contributed by atoms with Crippen LogP contribution in [0.25, 0.3) is 10.9 Å². The highest BCUT2D eigenvalue weighted by Crippen LogP contribution is 2.24. The number of carboxylic acid groups (broad SMARTS) is 3. The van der Waals surface area contributed by atoms with E-state index in [4.69, 9.17) is 39.5 Å². The van der Waals surface area contributed by atoms with Crippen LogP contribution in [0.15, 0.2) is 53.0 Å². The van der Waals surface area contributed by atoms with E-state index in [-0.39, 0.29) is 88.6 Å². The Morgan fingerprint density at radius 3 is 1.66 bits per heavy atom. The first-order valence-corrected chi connectivity index (χ1v) is 35.4. The number of aliphatic hydroxyl groups excluding tert-OH is 2. The first kappa shape index (κ1) is 90.7. The molecule has 45 heteroatoms. The smallest absolute Gasteiger partial charge is 0.326 e. The number of primary amides is 1. The number of nitrogens with one attached hydrogen (secondary N) is 13. The SMILES string of the molecule is CC(C)[C@H](NC(=O)[C@H](CCC(N)=O)NC(=O)[C@H](CS)NC(=O)[C@H](CO)NC(=O)[C@@H](NC(=O)[C@@H](N)CC(=O)O)[C@@H](C)O)C(=O)N[C@@H](Cc1cnc[nH]1)C(=O)N[C@@H](C)C(=O)N[C@@H](Cc1c[nH]c2ccccc12)C(=O)N1CCC[C@H]1C(=O)N[C@@H](CC(=O)O)C(=O)N[C@@H](CCCN=C(N)N)C(=O)N[C@@H](CCCN=C(N)N)C(=O)O. The van der Waals surface area contributed by atoms with Crippen LogP contribution < -0.4 is 92.9 Å². The van der Waals surface area contributed by atoms with E-state index in [0.29, 0.717) is 16.5 Å². The monoisotopic (exact) mass is 1570 g/mol. The van der Waals surface area contributed by atoms with E-state index >= 15 is 4.79 Å². The third kappa shape index (κ3) is 29.4. The van der Waals surface area contributed by atoms with Crippen molar-refractivity contribution < 1.29 is 102 Å². The number of thiol groups is 1. The van der Waals surface area contributed by atoms with Crippen molar-refractivity contribution in [2.75, 3.05) is 32.0 Å². The maximum Gasteiger partial charge on any atom is 0.326 e. The fourth-order valence-electron chi connectivity index (χ4n) is 11.2. The predicted molar refractivity (Wildman–Crippen MR) is 392 cm³/mol. The average molecular weight is 1570 g/mol. The average Bonchev–Trinajstić information content (AvgIpc) is 1.64. The molecule has 1 fully saturated rings. The second kappa shape index (κ2) is 44.5. The first-order valence-electron chi connectivity index (χ1n) is 34.7. The zero-order valence-corrected chi connectivity index (χ0v) is 61.6. The molecule has 1 aromatic carbocycles. The molecule has 0 aliphatic carbocycles. The van der Waals surface area contributed by atoms with Crippen molar-refractivity contribution in [3.63, 3.8) is 0 Å². The van der Waals surface area contributed by atoms with Crippen LogP contribution in [0.2, 0.25) is 0 Å². The highest BCUT2D eigenvalue weighted by molar-refractivity contribution is 7.80. The lowest BCUT2D eigenvalue weighted by atomic mass is 10.0. The zero-order chi connectivity index (χ0) is 82.2. The molecule has 1 saturated heterocycles. The molecule has 110 heavy (non-hydrogen) atoms. The molecule has 0 spiro atoms. The van der Waals surface area contributed by atoms with Gasteiger partial charge in [0.2, 0.25) is 76.8 Å². The lowest BCUT2D eigenvalue weighted by Crippen LogP contribution is -2.62. The van der Waals surface area contributed by atoms with Gasteiger partial charge in [-0.3, -0.25) is 81.9 Å². The number of nitrogens with zero attached hydrogens (tertiary/aromatic N) is 4. The summed E-state index contributed by atoms with van der Waals surface area (Å²) in [6.07, 6.45) is -1.11. The number of benzene rings is 1. The van der Waals surface area contributed by atoms with Gasteiger partial charge in [0.15, 0.2) is 11.9 Å². The molecular weight excluding hydrogens is 1470 g/mol. The minimum absolute atomic E-state index is 0.0123. The number of carboxylic acids is 3. The molecule has 1 aliphatic heterocycles. The minimum Gasteiger partial charge on any atom is -0.481 e. The Hall–Kier alpha value is -11.7. The number of aromatic nitrogens is 3. The van der Waals surface area contributed by atoms with Gasteiger partial charge >= 0.3 is 17.9 Å². The van der Waals surface area contributed by atoms with Gasteiger partial charge in [0.1, 0.15) is 72.5 Å². The highest BCUT2D eigenvalue weighted by Gasteiger charge is 2.42. The van der Waals surface area contributed by atoms with Gasteiger partial charge in [0, 0.05) is 73.6 Å². The summed E-state index contributed by atoms with van der Waals surface area (Å²) in [5, 5.41) is 76.1. The maximum absolute atomic E-state index is 15.1. The molecule has 14 atom stereocenters. The van der Waals surface area contributed by atoms with E-state index in [2.05, 4.69) is 96.1 Å². The van der Waals surface area contributed by atoms with Crippen LogP contribution in [-0.4, -0.2) is 269 Å². The lowest BCUT2D eigenvalue weighted by molar-refractivity contribution is -0.144. The van der Waals surface area contributed by atoms with Crippen LogP contribution in [0.3, 0.4) is 0 Å². The van der Waals surface area contributed by atoms with Gasteiger partial charge in [-0.15, -0.1) is 0 Å². The number of aliphatic carboxylic acids is 3. The van der Waals surface area contributed by atoms with Crippen LogP contribution in [0, 0.1) is 5.92 Å². The van der Waals surface area contributed by atoms with Crippen molar-refractivity contribution >= 4 is 130 Å². The second-order valence-electron chi connectivity index (χ2n) is 26.1. The van der Waals surface area contributed by atoms with Crippen LogP contribution in [0.1, 0.15) is 103 Å². The van der Waals surface area contributed by atoms with Crippen molar-refractivity contribution in [2.24, 2.45) is 50.3 Å². The van der Waals surface area contributed by atoms with Crippen LogP contribution in [-0.2, 0) is 89.6 Å². The number of aliphatic imine (C=N–C) groups is 2. The van der Waals surface area contributed by atoms with Crippen molar-refractivity contribution in [1.82, 2.24) is 78.3 Å². The third-order valence-electron chi connectivity index (χ3n) is 17.1. The molecule has 0 unspecified atom stereocenters. The summed E-state index contributed by atoms with van der Waals surface area (Å²) < 4.78 is 0. The number of carbonyl (C=O) groups is 16. The van der Waals surface area contributed by atoms with E-state index < -0.39 is 223 Å². The van der Waals surface area contributed by atoms with Crippen LogP contribution in [0.4, 0.5) is 0 Å². The molecule has 1 aliphatic rings.